The average molecular weight is 339 g/mol. The number of nitrogens with zero attached hydrogens (tertiary/aromatic N) is 2. The molecule has 0 saturated carbocycles. The summed E-state index contributed by atoms with van der Waals surface area (Å²) in [5, 5.41) is 5.08. The Morgan fingerprint density at radius 1 is 1.30 bits per heavy atom. The van der Waals surface area contributed by atoms with Crippen molar-refractivity contribution in [3.05, 3.63) is 22.4 Å². The van der Waals surface area contributed by atoms with E-state index >= 15 is 0 Å². The summed E-state index contributed by atoms with van der Waals surface area (Å²) in [6.07, 6.45) is 1.08. The van der Waals surface area contributed by atoms with Crippen molar-refractivity contribution in [1.82, 2.24) is 15.1 Å². The van der Waals surface area contributed by atoms with Crippen LogP contribution in [0.15, 0.2) is 17.5 Å². The monoisotopic (exact) mass is 339 g/mol. The molecule has 2 aliphatic rings. The maximum absolute atomic E-state index is 12.2. The van der Waals surface area contributed by atoms with Gasteiger partial charge in [-0.05, 0) is 17.9 Å². The molecule has 6 nitrogen and oxygen atoms in total. The Morgan fingerprint density at radius 2 is 2.17 bits per heavy atom. The highest BCUT2D eigenvalue weighted by Gasteiger charge is 2.24. The van der Waals surface area contributed by atoms with Gasteiger partial charge < -0.3 is 19.7 Å². The first-order chi connectivity index (χ1) is 11.3. The second kappa shape index (κ2) is 8.63. The number of nitrogens with one attached hydrogen (secondary N) is 1. The summed E-state index contributed by atoms with van der Waals surface area (Å²) in [5.74, 6) is 0. The Bertz CT molecular complexity index is 469. The number of carbonyl (C=O) groups is 1. The molecule has 0 aliphatic carbocycles. The second-order valence-electron chi connectivity index (χ2n) is 5.92. The van der Waals surface area contributed by atoms with Gasteiger partial charge in [0.1, 0.15) is 0 Å². The van der Waals surface area contributed by atoms with Crippen LogP contribution in [0, 0.1) is 0 Å². The van der Waals surface area contributed by atoms with Gasteiger partial charge in [0, 0.05) is 44.1 Å². The molecule has 1 N–H and O–H groups in total. The zero-order valence-corrected chi connectivity index (χ0v) is 14.2. The van der Waals surface area contributed by atoms with Crippen molar-refractivity contribution in [1.29, 1.82) is 0 Å². The SMILES string of the molecule is O=C(NCCc1cccs1)N1CCN(C[C@H]2COCCO2)CC1. The third kappa shape index (κ3) is 5.17. The summed E-state index contributed by atoms with van der Waals surface area (Å²) in [4.78, 5) is 17.8. The third-order valence-electron chi connectivity index (χ3n) is 4.23. The number of urea groups is 1. The van der Waals surface area contributed by atoms with Crippen molar-refractivity contribution in [2.75, 3.05) is 59.1 Å². The van der Waals surface area contributed by atoms with Crippen molar-refractivity contribution < 1.29 is 14.3 Å². The molecule has 3 rings (SSSR count). The molecule has 128 valence electrons. The summed E-state index contributed by atoms with van der Waals surface area (Å²) < 4.78 is 11.1. The minimum Gasteiger partial charge on any atom is -0.376 e. The molecule has 2 aliphatic heterocycles. The van der Waals surface area contributed by atoms with Crippen molar-refractivity contribution in [3.63, 3.8) is 0 Å². The number of ether oxygens (including phenoxy) is 2. The number of hydrogen-bond donors (Lipinski definition) is 1. The number of thiophene rings is 1. The van der Waals surface area contributed by atoms with E-state index in [0.29, 0.717) is 26.4 Å². The molecule has 1 aromatic heterocycles. The fourth-order valence-electron chi connectivity index (χ4n) is 2.92. The topological polar surface area (TPSA) is 54.0 Å². The Labute approximate surface area is 141 Å². The van der Waals surface area contributed by atoms with E-state index in [1.807, 2.05) is 11.0 Å². The molecule has 2 amide bonds. The van der Waals surface area contributed by atoms with E-state index < -0.39 is 0 Å². The van der Waals surface area contributed by atoms with Crippen LogP contribution in [-0.4, -0.2) is 81.0 Å². The normalized spacial score (nSPS) is 23.0. The van der Waals surface area contributed by atoms with Crippen LogP contribution >= 0.6 is 11.3 Å². The number of amides is 2. The van der Waals surface area contributed by atoms with Gasteiger partial charge in [-0.1, -0.05) is 6.07 Å². The largest absolute Gasteiger partial charge is 0.376 e. The zero-order chi connectivity index (χ0) is 15.9. The van der Waals surface area contributed by atoms with E-state index in [2.05, 4.69) is 21.7 Å². The second-order valence-corrected chi connectivity index (χ2v) is 6.95. The highest BCUT2D eigenvalue weighted by Crippen LogP contribution is 2.09. The lowest BCUT2D eigenvalue weighted by atomic mass is 10.2. The molecule has 1 atom stereocenters. The van der Waals surface area contributed by atoms with E-state index in [9.17, 15) is 4.79 Å². The van der Waals surface area contributed by atoms with Crippen LogP contribution in [0.1, 0.15) is 4.88 Å². The predicted molar refractivity (Wildman–Crippen MR) is 90.0 cm³/mol. The molecule has 23 heavy (non-hydrogen) atoms. The van der Waals surface area contributed by atoms with Crippen molar-refractivity contribution in [2.24, 2.45) is 0 Å². The molecule has 0 aromatic carbocycles. The van der Waals surface area contributed by atoms with Crippen molar-refractivity contribution >= 4 is 17.4 Å². The van der Waals surface area contributed by atoms with Crippen LogP contribution in [0.2, 0.25) is 0 Å². The number of hydrogen-bond acceptors (Lipinski definition) is 5. The zero-order valence-electron chi connectivity index (χ0n) is 13.4. The minimum absolute atomic E-state index is 0.0541. The van der Waals surface area contributed by atoms with Crippen molar-refractivity contribution in [3.8, 4) is 0 Å². The van der Waals surface area contributed by atoms with Crippen molar-refractivity contribution in [2.45, 2.75) is 12.5 Å². The van der Waals surface area contributed by atoms with Gasteiger partial charge >= 0.3 is 6.03 Å². The van der Waals surface area contributed by atoms with Gasteiger partial charge in [-0.25, -0.2) is 4.79 Å². The van der Waals surface area contributed by atoms with Crippen LogP contribution in [0.25, 0.3) is 0 Å². The first-order valence-electron chi connectivity index (χ1n) is 8.28. The molecular formula is C16H25N3O3S. The lowest BCUT2D eigenvalue weighted by molar-refractivity contribution is -0.0993. The smallest absolute Gasteiger partial charge is 0.317 e. The molecule has 2 saturated heterocycles. The van der Waals surface area contributed by atoms with Gasteiger partial charge in [0.05, 0.1) is 25.9 Å². The Kier molecular flexibility index (Phi) is 6.27. The number of piperazine rings is 1. The molecule has 2 fully saturated rings. The van der Waals surface area contributed by atoms with Crippen LogP contribution in [-0.2, 0) is 15.9 Å². The van der Waals surface area contributed by atoms with Gasteiger partial charge in [-0.2, -0.15) is 0 Å². The van der Waals surface area contributed by atoms with E-state index in [0.717, 1.165) is 39.1 Å². The summed E-state index contributed by atoms with van der Waals surface area (Å²) in [7, 11) is 0. The number of rotatable bonds is 5. The van der Waals surface area contributed by atoms with Crippen LogP contribution < -0.4 is 5.32 Å². The summed E-state index contributed by atoms with van der Waals surface area (Å²) in [6.45, 7) is 7.03. The Balaban J connectivity index is 1.32. The average Bonchev–Trinajstić information content (AvgIpc) is 3.10. The highest BCUT2D eigenvalue weighted by molar-refractivity contribution is 7.09. The predicted octanol–water partition coefficient (Wildman–Crippen LogP) is 1.03. The van der Waals surface area contributed by atoms with Crippen LogP contribution in [0.5, 0.6) is 0 Å². The van der Waals surface area contributed by atoms with Gasteiger partial charge in [-0.3, -0.25) is 4.90 Å². The summed E-state index contributed by atoms with van der Waals surface area (Å²) in [5.41, 5.74) is 0. The van der Waals surface area contributed by atoms with Gasteiger partial charge in [0.15, 0.2) is 0 Å². The third-order valence-corrected chi connectivity index (χ3v) is 5.17. The molecule has 0 unspecified atom stereocenters. The van der Waals surface area contributed by atoms with E-state index in [1.54, 1.807) is 11.3 Å². The van der Waals surface area contributed by atoms with Gasteiger partial charge in [0.2, 0.25) is 0 Å². The Morgan fingerprint density at radius 3 is 2.87 bits per heavy atom. The van der Waals surface area contributed by atoms with E-state index in [4.69, 9.17) is 9.47 Å². The minimum atomic E-state index is 0.0541. The molecule has 3 heterocycles. The molecule has 0 bridgehead atoms. The summed E-state index contributed by atoms with van der Waals surface area (Å²) in [6, 6.07) is 4.20. The molecule has 0 radical (unpaired) electrons. The summed E-state index contributed by atoms with van der Waals surface area (Å²) >= 11 is 1.73. The lowest BCUT2D eigenvalue weighted by Gasteiger charge is -2.37. The maximum Gasteiger partial charge on any atom is 0.317 e. The molecule has 0 spiro atoms. The van der Waals surface area contributed by atoms with Crippen LogP contribution in [0.4, 0.5) is 4.79 Å². The van der Waals surface area contributed by atoms with E-state index in [-0.39, 0.29) is 12.1 Å². The molecule has 7 heteroatoms. The number of carbonyl (C=O) groups excluding carboxylic acids is 1. The quantitative estimate of drug-likeness (QED) is 0.871. The fraction of sp³-hybridized carbons (Fsp3) is 0.688. The highest BCUT2D eigenvalue weighted by atomic mass is 32.1. The van der Waals surface area contributed by atoms with Gasteiger partial charge in [0.25, 0.3) is 0 Å². The lowest BCUT2D eigenvalue weighted by Crippen LogP contribution is -2.54. The molecular weight excluding hydrogens is 314 g/mol. The maximum atomic E-state index is 12.2. The first-order valence-corrected chi connectivity index (χ1v) is 9.16. The standard InChI is InChI=1S/C16H25N3O3S/c20-16(17-4-3-15-2-1-11-23-15)19-7-5-18(6-8-19)12-14-13-21-9-10-22-14/h1-2,11,14H,3-10,12-13H2,(H,17,20)/t14-/m0/s1. The van der Waals surface area contributed by atoms with Crippen LogP contribution in [0.3, 0.4) is 0 Å². The molecule has 1 aromatic rings. The first kappa shape index (κ1) is 16.7. The Hall–Kier alpha value is -1.15. The van der Waals surface area contributed by atoms with Gasteiger partial charge in [-0.15, -0.1) is 11.3 Å². The fourth-order valence-corrected chi connectivity index (χ4v) is 3.63. The van der Waals surface area contributed by atoms with E-state index in [1.165, 1.54) is 4.88 Å².